The second-order valence-corrected chi connectivity index (χ2v) is 4.46. The minimum Gasteiger partial charge on any atom is -0.342 e. The molecule has 0 bridgehead atoms. The molecule has 1 heterocycles. The lowest BCUT2D eigenvalue weighted by atomic mass is 10.1. The Balaban J connectivity index is 0.00000110. The first-order valence-electron chi connectivity index (χ1n) is 6.21. The zero-order valence-electron chi connectivity index (χ0n) is 11.2. The van der Waals surface area contributed by atoms with Crippen LogP contribution in [0.3, 0.4) is 0 Å². The smallest absolute Gasteiger partial charge is 0.123 e. The highest BCUT2D eigenvalue weighted by molar-refractivity contribution is 5.85. The van der Waals surface area contributed by atoms with Gasteiger partial charge in [-0.15, -0.1) is 24.8 Å². The van der Waals surface area contributed by atoms with Gasteiger partial charge >= 0.3 is 0 Å². The van der Waals surface area contributed by atoms with E-state index in [2.05, 4.69) is 9.97 Å². The molecule has 0 atom stereocenters. The largest absolute Gasteiger partial charge is 0.342 e. The number of halogens is 3. The molecule has 0 radical (unpaired) electrons. The van der Waals surface area contributed by atoms with Crippen molar-refractivity contribution in [2.45, 2.75) is 6.42 Å². The lowest BCUT2D eigenvalue weighted by Gasteiger charge is -2.01. The fraction of sp³-hybridized carbons (Fsp3) is 0.133. The Morgan fingerprint density at radius 3 is 2.33 bits per heavy atom. The Hall–Kier alpha value is -1.62. The third-order valence-corrected chi connectivity index (χ3v) is 3.09. The number of benzene rings is 2. The lowest BCUT2D eigenvalue weighted by molar-refractivity contribution is 0.628. The van der Waals surface area contributed by atoms with E-state index in [9.17, 15) is 4.39 Å². The first-order valence-corrected chi connectivity index (χ1v) is 6.21. The number of nitrogens with zero attached hydrogens (tertiary/aromatic N) is 1. The normalized spacial score (nSPS) is 10.0. The summed E-state index contributed by atoms with van der Waals surface area (Å²) >= 11 is 0. The molecule has 0 fully saturated rings. The minimum absolute atomic E-state index is 0. The SMILES string of the molecule is Cl.Cl.NCCc1nc2cc(-c3ccc(F)cc3)ccc2[nH]1. The maximum atomic E-state index is 12.9. The molecule has 3 rings (SSSR count). The van der Waals surface area contributed by atoms with Crippen molar-refractivity contribution in [3.05, 3.63) is 54.1 Å². The topological polar surface area (TPSA) is 54.7 Å². The standard InChI is InChI=1S/C15H14FN3.2ClH/c16-12-4-1-10(2-5-12)11-3-6-13-14(9-11)19-15(18-13)7-8-17;;/h1-6,9H,7-8,17H2,(H,18,19);2*1H. The van der Waals surface area contributed by atoms with Crippen LogP contribution in [0.15, 0.2) is 42.5 Å². The molecule has 0 aliphatic rings. The van der Waals surface area contributed by atoms with E-state index in [1.165, 1.54) is 12.1 Å². The van der Waals surface area contributed by atoms with Gasteiger partial charge in [0.15, 0.2) is 0 Å². The minimum atomic E-state index is -0.227. The number of hydrogen-bond donors (Lipinski definition) is 2. The van der Waals surface area contributed by atoms with Gasteiger partial charge in [0.05, 0.1) is 11.0 Å². The summed E-state index contributed by atoms with van der Waals surface area (Å²) in [4.78, 5) is 7.73. The highest BCUT2D eigenvalue weighted by Gasteiger charge is 2.04. The van der Waals surface area contributed by atoms with E-state index < -0.39 is 0 Å². The van der Waals surface area contributed by atoms with E-state index in [0.29, 0.717) is 6.54 Å². The van der Waals surface area contributed by atoms with Crippen LogP contribution in [0.4, 0.5) is 4.39 Å². The summed E-state index contributed by atoms with van der Waals surface area (Å²) in [5, 5.41) is 0. The molecule has 112 valence electrons. The summed E-state index contributed by atoms with van der Waals surface area (Å²) in [7, 11) is 0. The molecule has 0 aliphatic heterocycles. The van der Waals surface area contributed by atoms with Crippen molar-refractivity contribution in [1.82, 2.24) is 9.97 Å². The lowest BCUT2D eigenvalue weighted by Crippen LogP contribution is -2.03. The number of imidazole rings is 1. The molecule has 0 spiro atoms. The van der Waals surface area contributed by atoms with Gasteiger partial charge < -0.3 is 10.7 Å². The van der Waals surface area contributed by atoms with Gasteiger partial charge in [0.25, 0.3) is 0 Å². The first kappa shape index (κ1) is 17.4. The molecule has 3 aromatic rings. The van der Waals surface area contributed by atoms with Gasteiger partial charge in [-0.25, -0.2) is 9.37 Å². The van der Waals surface area contributed by atoms with Crippen LogP contribution in [-0.2, 0) is 6.42 Å². The molecule has 0 amide bonds. The molecule has 0 saturated carbocycles. The first-order chi connectivity index (χ1) is 9.26. The molecule has 6 heteroatoms. The molecular formula is C15H16Cl2FN3. The van der Waals surface area contributed by atoms with Crippen molar-refractivity contribution in [3.63, 3.8) is 0 Å². The average molecular weight is 328 g/mol. The van der Waals surface area contributed by atoms with Crippen LogP contribution >= 0.6 is 24.8 Å². The molecule has 21 heavy (non-hydrogen) atoms. The van der Waals surface area contributed by atoms with Crippen molar-refractivity contribution in [3.8, 4) is 11.1 Å². The van der Waals surface area contributed by atoms with E-state index in [1.807, 2.05) is 18.2 Å². The van der Waals surface area contributed by atoms with Gasteiger partial charge in [0.1, 0.15) is 11.6 Å². The third-order valence-electron chi connectivity index (χ3n) is 3.09. The van der Waals surface area contributed by atoms with Crippen LogP contribution in [0.25, 0.3) is 22.2 Å². The molecule has 3 N–H and O–H groups in total. The van der Waals surface area contributed by atoms with Gasteiger partial charge in [0, 0.05) is 6.42 Å². The van der Waals surface area contributed by atoms with Gasteiger partial charge in [-0.05, 0) is 41.9 Å². The van der Waals surface area contributed by atoms with Crippen molar-refractivity contribution in [2.75, 3.05) is 6.54 Å². The van der Waals surface area contributed by atoms with E-state index in [4.69, 9.17) is 5.73 Å². The quantitative estimate of drug-likeness (QED) is 0.770. The predicted octanol–water partition coefficient (Wildman–Crippen LogP) is 3.71. The number of rotatable bonds is 3. The Kier molecular flexibility index (Phi) is 6.15. The Bertz CT molecular complexity index is 711. The number of nitrogens with two attached hydrogens (primary N) is 1. The highest BCUT2D eigenvalue weighted by Crippen LogP contribution is 2.23. The second kappa shape index (κ2) is 7.41. The third kappa shape index (κ3) is 3.73. The van der Waals surface area contributed by atoms with Crippen LogP contribution in [0.5, 0.6) is 0 Å². The number of aromatic amines is 1. The molecule has 3 nitrogen and oxygen atoms in total. The van der Waals surface area contributed by atoms with Gasteiger partial charge in [0.2, 0.25) is 0 Å². The highest BCUT2D eigenvalue weighted by atomic mass is 35.5. The monoisotopic (exact) mass is 327 g/mol. The number of fused-ring (bicyclic) bond motifs is 1. The molecule has 0 saturated heterocycles. The summed E-state index contributed by atoms with van der Waals surface area (Å²) in [6, 6.07) is 12.4. The van der Waals surface area contributed by atoms with Gasteiger partial charge in [-0.1, -0.05) is 18.2 Å². The number of nitrogens with one attached hydrogen (secondary N) is 1. The van der Waals surface area contributed by atoms with Crippen LogP contribution in [0.2, 0.25) is 0 Å². The van der Waals surface area contributed by atoms with E-state index in [-0.39, 0.29) is 30.6 Å². The Morgan fingerprint density at radius 1 is 1.00 bits per heavy atom. The fourth-order valence-corrected chi connectivity index (χ4v) is 2.14. The van der Waals surface area contributed by atoms with Crippen molar-refractivity contribution < 1.29 is 4.39 Å². The van der Waals surface area contributed by atoms with Crippen molar-refractivity contribution >= 4 is 35.8 Å². The number of hydrogen-bond acceptors (Lipinski definition) is 2. The van der Waals surface area contributed by atoms with Crippen LogP contribution in [0.1, 0.15) is 5.82 Å². The zero-order chi connectivity index (χ0) is 13.2. The second-order valence-electron chi connectivity index (χ2n) is 4.46. The maximum Gasteiger partial charge on any atom is 0.123 e. The van der Waals surface area contributed by atoms with Gasteiger partial charge in [-0.2, -0.15) is 0 Å². The summed E-state index contributed by atoms with van der Waals surface area (Å²) in [6.07, 6.45) is 0.737. The molecular weight excluding hydrogens is 312 g/mol. The number of aromatic nitrogens is 2. The molecule has 0 unspecified atom stereocenters. The average Bonchev–Trinajstić information content (AvgIpc) is 2.81. The molecule has 2 aromatic carbocycles. The van der Waals surface area contributed by atoms with E-state index in [1.54, 1.807) is 12.1 Å². The summed E-state index contributed by atoms with van der Waals surface area (Å²) in [5.41, 5.74) is 9.43. The van der Waals surface area contributed by atoms with Crippen LogP contribution < -0.4 is 5.73 Å². The fourth-order valence-electron chi connectivity index (χ4n) is 2.14. The van der Waals surface area contributed by atoms with E-state index >= 15 is 0 Å². The van der Waals surface area contributed by atoms with Crippen molar-refractivity contribution in [1.29, 1.82) is 0 Å². The van der Waals surface area contributed by atoms with Crippen molar-refractivity contribution in [2.24, 2.45) is 5.73 Å². The predicted molar refractivity (Wildman–Crippen MR) is 88.7 cm³/mol. The molecule has 0 aliphatic carbocycles. The number of H-pyrrole nitrogens is 1. The zero-order valence-corrected chi connectivity index (χ0v) is 12.8. The van der Waals surface area contributed by atoms with Crippen LogP contribution in [-0.4, -0.2) is 16.5 Å². The Morgan fingerprint density at radius 2 is 1.67 bits per heavy atom. The molecule has 1 aromatic heterocycles. The summed E-state index contributed by atoms with van der Waals surface area (Å²) in [5.74, 6) is 0.670. The maximum absolute atomic E-state index is 12.9. The van der Waals surface area contributed by atoms with Gasteiger partial charge in [-0.3, -0.25) is 0 Å². The van der Waals surface area contributed by atoms with Crippen LogP contribution in [0, 0.1) is 5.82 Å². The summed E-state index contributed by atoms with van der Waals surface area (Å²) in [6.45, 7) is 0.574. The summed E-state index contributed by atoms with van der Waals surface area (Å²) < 4.78 is 12.9. The van der Waals surface area contributed by atoms with E-state index in [0.717, 1.165) is 34.4 Å². The Labute approximate surface area is 134 Å².